The first-order valence-corrected chi connectivity index (χ1v) is 4.67. The van der Waals surface area contributed by atoms with E-state index in [1.165, 1.54) is 13.2 Å². The van der Waals surface area contributed by atoms with Crippen LogP contribution in [0.3, 0.4) is 0 Å². The van der Waals surface area contributed by atoms with Gasteiger partial charge in [0.2, 0.25) is 0 Å². The molecule has 0 aromatic rings. The van der Waals surface area contributed by atoms with Crippen LogP contribution in [-0.4, -0.2) is 23.6 Å². The Morgan fingerprint density at radius 1 is 1.57 bits per heavy atom. The summed E-state index contributed by atoms with van der Waals surface area (Å²) < 4.78 is 5.33. The van der Waals surface area contributed by atoms with Gasteiger partial charge in [0.1, 0.15) is 5.60 Å². The number of methoxy groups -OCH3 is 1. The van der Waals surface area contributed by atoms with E-state index in [-0.39, 0.29) is 11.7 Å². The molecule has 1 rings (SSSR count). The molecular weight excluding hydrogens is 180 g/mol. The molecule has 0 amide bonds. The smallest absolute Gasteiger partial charge is 0.188 e. The summed E-state index contributed by atoms with van der Waals surface area (Å²) in [6, 6.07) is 0. The van der Waals surface area contributed by atoms with Gasteiger partial charge in [-0.05, 0) is 17.6 Å². The van der Waals surface area contributed by atoms with E-state index in [9.17, 15) is 4.79 Å². The lowest BCUT2D eigenvalue weighted by atomic mass is 9.77. The standard InChI is InChI=1S/C11H16O3/c1-8(2)11(14-3)6-9(7-12)4-5-10(11)13/h4-5,7-8,12H,6H2,1-3H3/b9-7+. The summed E-state index contributed by atoms with van der Waals surface area (Å²) in [6.45, 7) is 3.88. The second kappa shape index (κ2) is 3.96. The maximum absolute atomic E-state index is 11.7. The maximum Gasteiger partial charge on any atom is 0.188 e. The summed E-state index contributed by atoms with van der Waals surface area (Å²) in [5, 5.41) is 8.91. The molecule has 1 aliphatic rings. The summed E-state index contributed by atoms with van der Waals surface area (Å²) in [7, 11) is 1.53. The monoisotopic (exact) mass is 196 g/mol. The van der Waals surface area contributed by atoms with Crippen LogP contribution >= 0.6 is 0 Å². The molecule has 0 aromatic heterocycles. The van der Waals surface area contributed by atoms with Gasteiger partial charge < -0.3 is 9.84 Å². The second-order valence-electron chi connectivity index (χ2n) is 3.83. The maximum atomic E-state index is 11.7. The fraction of sp³-hybridized carbons (Fsp3) is 0.545. The summed E-state index contributed by atoms with van der Waals surface area (Å²) in [4.78, 5) is 11.7. The van der Waals surface area contributed by atoms with Gasteiger partial charge in [-0.2, -0.15) is 0 Å². The summed E-state index contributed by atoms with van der Waals surface area (Å²) in [5.74, 6) is 0.0560. The summed E-state index contributed by atoms with van der Waals surface area (Å²) in [6.07, 6.45) is 4.56. The number of aliphatic hydroxyl groups is 1. The van der Waals surface area contributed by atoms with E-state index in [1.807, 2.05) is 13.8 Å². The average molecular weight is 196 g/mol. The molecule has 0 fully saturated rings. The highest BCUT2D eigenvalue weighted by Gasteiger charge is 2.42. The molecule has 0 saturated heterocycles. The Bertz CT molecular complexity index is 289. The first-order valence-electron chi connectivity index (χ1n) is 4.67. The van der Waals surface area contributed by atoms with E-state index in [1.54, 1.807) is 6.08 Å². The number of hydrogen-bond donors (Lipinski definition) is 1. The van der Waals surface area contributed by atoms with Crippen molar-refractivity contribution in [2.45, 2.75) is 25.9 Å². The van der Waals surface area contributed by atoms with Gasteiger partial charge in [-0.15, -0.1) is 0 Å². The van der Waals surface area contributed by atoms with Crippen molar-refractivity contribution in [2.75, 3.05) is 7.11 Å². The highest BCUT2D eigenvalue weighted by Crippen LogP contribution is 2.33. The SMILES string of the molecule is COC1(C(C)C)C/C(=C/O)C=CC1=O. The van der Waals surface area contributed by atoms with Gasteiger partial charge in [0.15, 0.2) is 5.78 Å². The molecule has 0 heterocycles. The van der Waals surface area contributed by atoms with Crippen LogP contribution in [0.1, 0.15) is 20.3 Å². The van der Waals surface area contributed by atoms with Crippen molar-refractivity contribution in [3.05, 3.63) is 24.0 Å². The van der Waals surface area contributed by atoms with Crippen LogP contribution in [0.2, 0.25) is 0 Å². The van der Waals surface area contributed by atoms with E-state index in [0.717, 1.165) is 11.8 Å². The lowest BCUT2D eigenvalue weighted by Gasteiger charge is -2.36. The Morgan fingerprint density at radius 2 is 2.21 bits per heavy atom. The fourth-order valence-corrected chi connectivity index (χ4v) is 1.76. The molecule has 1 atom stereocenters. The molecular formula is C11H16O3. The molecule has 1 unspecified atom stereocenters. The molecule has 1 N–H and O–H groups in total. The van der Waals surface area contributed by atoms with Crippen LogP contribution in [0, 0.1) is 5.92 Å². The number of hydrogen-bond acceptors (Lipinski definition) is 3. The Labute approximate surface area is 84.1 Å². The third-order valence-electron chi connectivity index (χ3n) is 2.80. The second-order valence-corrected chi connectivity index (χ2v) is 3.83. The molecule has 14 heavy (non-hydrogen) atoms. The number of carbonyl (C=O) groups is 1. The van der Waals surface area contributed by atoms with Gasteiger partial charge in [0, 0.05) is 13.5 Å². The first-order chi connectivity index (χ1) is 6.56. The van der Waals surface area contributed by atoms with Crippen molar-refractivity contribution >= 4 is 5.78 Å². The average Bonchev–Trinajstić information content (AvgIpc) is 2.18. The summed E-state index contributed by atoms with van der Waals surface area (Å²) in [5.41, 5.74) is -0.0799. The molecule has 78 valence electrons. The van der Waals surface area contributed by atoms with E-state index in [2.05, 4.69) is 0 Å². The molecule has 0 radical (unpaired) electrons. The number of ketones is 1. The van der Waals surface area contributed by atoms with Crippen molar-refractivity contribution in [1.29, 1.82) is 0 Å². The van der Waals surface area contributed by atoms with E-state index in [0.29, 0.717) is 6.42 Å². The lowest BCUT2D eigenvalue weighted by Crippen LogP contribution is -2.46. The van der Waals surface area contributed by atoms with Gasteiger partial charge in [0.25, 0.3) is 0 Å². The predicted molar refractivity (Wildman–Crippen MR) is 54.1 cm³/mol. The van der Waals surface area contributed by atoms with Crippen molar-refractivity contribution in [3.8, 4) is 0 Å². The summed E-state index contributed by atoms with van der Waals surface area (Å²) >= 11 is 0. The number of carbonyl (C=O) groups excluding carboxylic acids is 1. The lowest BCUT2D eigenvalue weighted by molar-refractivity contribution is -0.142. The Kier molecular flexibility index (Phi) is 3.11. The molecule has 0 saturated carbocycles. The number of ether oxygens (including phenoxy) is 1. The number of allylic oxidation sites excluding steroid dienone is 1. The molecule has 0 aromatic carbocycles. The largest absolute Gasteiger partial charge is 0.515 e. The molecule has 3 nitrogen and oxygen atoms in total. The van der Waals surface area contributed by atoms with Gasteiger partial charge in [-0.3, -0.25) is 4.79 Å². The zero-order valence-corrected chi connectivity index (χ0v) is 8.78. The Hall–Kier alpha value is -1.09. The van der Waals surface area contributed by atoms with Crippen LogP contribution in [0.4, 0.5) is 0 Å². The van der Waals surface area contributed by atoms with Crippen LogP contribution < -0.4 is 0 Å². The Balaban J connectivity index is 3.08. The number of aliphatic hydroxyl groups excluding tert-OH is 1. The number of rotatable bonds is 2. The predicted octanol–water partition coefficient (Wildman–Crippen LogP) is 2.00. The normalized spacial score (nSPS) is 30.3. The quantitative estimate of drug-likeness (QED) is 0.687. The van der Waals surface area contributed by atoms with Crippen LogP contribution in [0.15, 0.2) is 24.0 Å². The highest BCUT2D eigenvalue weighted by atomic mass is 16.5. The molecule has 0 bridgehead atoms. The fourth-order valence-electron chi connectivity index (χ4n) is 1.76. The van der Waals surface area contributed by atoms with E-state index in [4.69, 9.17) is 9.84 Å². The van der Waals surface area contributed by atoms with E-state index < -0.39 is 5.60 Å². The van der Waals surface area contributed by atoms with Crippen molar-refractivity contribution in [2.24, 2.45) is 5.92 Å². The zero-order valence-electron chi connectivity index (χ0n) is 8.78. The van der Waals surface area contributed by atoms with Gasteiger partial charge >= 0.3 is 0 Å². The minimum absolute atomic E-state index is 0.0272. The van der Waals surface area contributed by atoms with Crippen LogP contribution in [0.5, 0.6) is 0 Å². The third kappa shape index (κ3) is 1.60. The molecule has 3 heteroatoms. The first kappa shape index (κ1) is 11.0. The van der Waals surface area contributed by atoms with Crippen LogP contribution in [-0.2, 0) is 9.53 Å². The van der Waals surface area contributed by atoms with Gasteiger partial charge in [-0.25, -0.2) is 0 Å². The van der Waals surface area contributed by atoms with Gasteiger partial charge in [0.05, 0.1) is 6.26 Å². The minimum atomic E-state index is -0.802. The van der Waals surface area contributed by atoms with Crippen molar-refractivity contribution < 1.29 is 14.6 Å². The topological polar surface area (TPSA) is 46.5 Å². The molecule has 0 aliphatic heterocycles. The van der Waals surface area contributed by atoms with Crippen molar-refractivity contribution in [3.63, 3.8) is 0 Å². The molecule has 1 aliphatic carbocycles. The zero-order chi connectivity index (χ0) is 10.8. The van der Waals surface area contributed by atoms with Gasteiger partial charge in [-0.1, -0.05) is 19.9 Å². The highest BCUT2D eigenvalue weighted by molar-refractivity contribution is 5.99. The third-order valence-corrected chi connectivity index (χ3v) is 2.80. The minimum Gasteiger partial charge on any atom is -0.515 e. The van der Waals surface area contributed by atoms with E-state index >= 15 is 0 Å². The van der Waals surface area contributed by atoms with Crippen molar-refractivity contribution in [1.82, 2.24) is 0 Å². The molecule has 0 spiro atoms. The Morgan fingerprint density at radius 3 is 2.64 bits per heavy atom. The van der Waals surface area contributed by atoms with Crippen LogP contribution in [0.25, 0.3) is 0 Å².